The van der Waals surface area contributed by atoms with Crippen LogP contribution in [0.3, 0.4) is 0 Å². The Labute approximate surface area is 198 Å². The van der Waals surface area contributed by atoms with Gasteiger partial charge in [0.1, 0.15) is 0 Å². The van der Waals surface area contributed by atoms with Crippen LogP contribution in [0.4, 0.5) is 0 Å². The van der Waals surface area contributed by atoms with Crippen molar-refractivity contribution in [2.45, 2.75) is 132 Å². The van der Waals surface area contributed by atoms with Crippen molar-refractivity contribution in [2.24, 2.45) is 5.92 Å². The quantitative estimate of drug-likeness (QED) is 0.361. The summed E-state index contributed by atoms with van der Waals surface area (Å²) in [5, 5.41) is 0. The molecule has 32 heavy (non-hydrogen) atoms. The topological polar surface area (TPSA) is 43.4 Å². The van der Waals surface area contributed by atoms with Crippen molar-refractivity contribution in [1.82, 2.24) is 0 Å². The molecule has 5 heteroatoms. The van der Waals surface area contributed by atoms with E-state index in [2.05, 4.69) is 6.66 Å². The molecule has 3 saturated carbocycles. The van der Waals surface area contributed by atoms with Crippen LogP contribution in [0.15, 0.2) is 24.3 Å². The van der Waals surface area contributed by atoms with Crippen LogP contribution in [0.2, 0.25) is 0 Å². The van der Waals surface area contributed by atoms with Crippen LogP contribution in [-0.4, -0.2) is 36.8 Å². The van der Waals surface area contributed by atoms with Crippen molar-refractivity contribution in [3.63, 3.8) is 0 Å². The summed E-state index contributed by atoms with van der Waals surface area (Å²) >= 11 is 0. The summed E-state index contributed by atoms with van der Waals surface area (Å²) < 4.78 is 35.0. The number of hydrogen-bond acceptors (Lipinski definition) is 3. The molecule has 0 bridgehead atoms. The number of hydrogen-bond donors (Lipinski definition) is 0. The summed E-state index contributed by atoms with van der Waals surface area (Å²) in [6, 6.07) is 0. The zero-order chi connectivity index (χ0) is 22.9. The fourth-order valence-corrected chi connectivity index (χ4v) is 19.7. The van der Waals surface area contributed by atoms with E-state index in [-0.39, 0.29) is 5.92 Å². The monoisotopic (exact) mass is 482 g/mol. The summed E-state index contributed by atoms with van der Waals surface area (Å²) in [7, 11) is -3.78. The van der Waals surface area contributed by atoms with E-state index in [0.29, 0.717) is 17.0 Å². The maximum atomic E-state index is 14.4. The molecule has 0 aromatic heterocycles. The molecule has 0 heterocycles. The molecule has 0 N–H and O–H groups in total. The van der Waals surface area contributed by atoms with Crippen LogP contribution in [0.5, 0.6) is 0 Å². The Morgan fingerprint density at radius 2 is 1.16 bits per heavy atom. The molecule has 3 fully saturated rings. The van der Waals surface area contributed by atoms with Crippen molar-refractivity contribution in [3.05, 3.63) is 24.3 Å². The van der Waals surface area contributed by atoms with E-state index < -0.39 is 21.7 Å². The van der Waals surface area contributed by atoms with Crippen molar-refractivity contribution in [1.29, 1.82) is 0 Å². The van der Waals surface area contributed by atoms with Gasteiger partial charge >= 0.3 is 198 Å². The summed E-state index contributed by atoms with van der Waals surface area (Å²) in [6.45, 7) is 3.34. The SMILES string of the molecule is CC1C=CC=CC1(C)S(=O)(=O)OP(C)(C1CCCCC1)(C1CCCCC1)C1CCCCC1. The molecule has 0 aliphatic heterocycles. The molecule has 0 spiro atoms. The Balaban J connectivity index is 1.85. The Bertz CT molecular complexity index is 766. The minimum atomic E-state index is -3.78. The minimum absolute atomic E-state index is 0.0737. The molecule has 0 aromatic carbocycles. The van der Waals surface area contributed by atoms with Gasteiger partial charge < -0.3 is 0 Å². The molecule has 0 radical (unpaired) electrons. The summed E-state index contributed by atoms with van der Waals surface area (Å²) in [6.07, 6.45) is 26.3. The third-order valence-electron chi connectivity index (χ3n) is 10.2. The maximum absolute atomic E-state index is 14.4. The van der Waals surface area contributed by atoms with Gasteiger partial charge in [-0.25, -0.2) is 0 Å². The Hall–Kier alpha value is -0.180. The summed E-state index contributed by atoms with van der Waals surface area (Å²) in [5.74, 6) is -0.0737. The first kappa shape index (κ1) is 24.9. The van der Waals surface area contributed by atoms with Crippen molar-refractivity contribution in [3.8, 4) is 0 Å². The van der Waals surface area contributed by atoms with E-state index in [9.17, 15) is 8.42 Å². The summed E-state index contributed by atoms with van der Waals surface area (Å²) in [5.41, 5.74) is 1.41. The van der Waals surface area contributed by atoms with Gasteiger partial charge in [-0.05, 0) is 0 Å². The second kappa shape index (κ2) is 9.46. The third kappa shape index (κ3) is 4.09. The van der Waals surface area contributed by atoms with Gasteiger partial charge in [0.25, 0.3) is 0 Å². The van der Waals surface area contributed by atoms with E-state index in [4.69, 9.17) is 3.97 Å². The molecule has 184 valence electrons. The Morgan fingerprint density at radius 1 is 0.750 bits per heavy atom. The van der Waals surface area contributed by atoms with E-state index in [1.165, 1.54) is 96.3 Å². The fraction of sp³-hybridized carbons (Fsp3) is 0.852. The Morgan fingerprint density at radius 3 is 1.53 bits per heavy atom. The van der Waals surface area contributed by atoms with Crippen molar-refractivity contribution in [2.75, 3.05) is 6.66 Å². The van der Waals surface area contributed by atoms with Crippen LogP contribution < -0.4 is 0 Å². The molecule has 2 atom stereocenters. The molecular formula is C27H47O3PS. The number of rotatable bonds is 6. The van der Waals surface area contributed by atoms with Crippen molar-refractivity contribution < 1.29 is 12.4 Å². The zero-order valence-electron chi connectivity index (χ0n) is 20.8. The average molecular weight is 483 g/mol. The molecule has 0 saturated heterocycles. The Kier molecular flexibility index (Phi) is 7.37. The summed E-state index contributed by atoms with van der Waals surface area (Å²) in [4.78, 5) is 0. The molecular weight excluding hydrogens is 435 g/mol. The normalized spacial score (nSPS) is 33.1. The van der Waals surface area contributed by atoms with Gasteiger partial charge in [-0.1, -0.05) is 0 Å². The molecule has 4 rings (SSSR count). The van der Waals surface area contributed by atoms with Crippen LogP contribution in [-0.2, 0) is 14.1 Å². The first-order chi connectivity index (χ1) is 15.2. The zero-order valence-corrected chi connectivity index (χ0v) is 22.5. The molecule has 0 aromatic rings. The fourth-order valence-electron chi connectivity index (χ4n) is 7.79. The van der Waals surface area contributed by atoms with Crippen LogP contribution in [0.25, 0.3) is 0 Å². The van der Waals surface area contributed by atoms with Gasteiger partial charge in [-0.15, -0.1) is 0 Å². The number of allylic oxidation sites excluding steroid dienone is 3. The molecule has 3 nitrogen and oxygen atoms in total. The second-order valence-electron chi connectivity index (χ2n) is 11.8. The van der Waals surface area contributed by atoms with E-state index >= 15 is 0 Å². The van der Waals surface area contributed by atoms with Gasteiger partial charge in [-0.2, -0.15) is 0 Å². The van der Waals surface area contributed by atoms with Gasteiger partial charge in [0.15, 0.2) is 0 Å². The first-order valence-electron chi connectivity index (χ1n) is 13.5. The van der Waals surface area contributed by atoms with Crippen LogP contribution in [0.1, 0.15) is 110 Å². The third-order valence-corrected chi connectivity index (χ3v) is 21.4. The first-order valence-corrected chi connectivity index (χ1v) is 17.8. The predicted molar refractivity (Wildman–Crippen MR) is 139 cm³/mol. The molecule has 4 aliphatic carbocycles. The molecule has 0 amide bonds. The predicted octanol–water partition coefficient (Wildman–Crippen LogP) is 7.95. The average Bonchev–Trinajstić information content (AvgIpc) is 2.82. The van der Waals surface area contributed by atoms with Gasteiger partial charge in [0.2, 0.25) is 0 Å². The molecule has 2 unspecified atom stereocenters. The van der Waals surface area contributed by atoms with E-state index in [0.717, 1.165) is 0 Å². The standard InChI is InChI=1S/C27H47O3PS/c1-23-15-13-14-22-27(23,2)32(28,29)30-31(3,24-16-7-4-8-17-24,25-18-9-5-10-19-25)26-20-11-6-12-21-26/h13-15,22-26H,4-12,16-21H2,1-3H3. The molecule has 4 aliphatic rings. The van der Waals surface area contributed by atoms with Crippen LogP contribution in [0, 0.1) is 5.92 Å². The van der Waals surface area contributed by atoms with Gasteiger partial charge in [-0.3, -0.25) is 0 Å². The van der Waals surface area contributed by atoms with Crippen LogP contribution >= 0.6 is 6.83 Å². The van der Waals surface area contributed by atoms with Gasteiger partial charge in [0.05, 0.1) is 0 Å². The van der Waals surface area contributed by atoms with E-state index in [1.807, 2.05) is 38.2 Å². The van der Waals surface area contributed by atoms with Gasteiger partial charge in [0, 0.05) is 0 Å². The van der Waals surface area contributed by atoms with E-state index in [1.54, 1.807) is 0 Å². The van der Waals surface area contributed by atoms with Crippen molar-refractivity contribution >= 4 is 16.9 Å². The second-order valence-corrected chi connectivity index (χ2v) is 19.9.